The number of nitrogens with two attached hydrogens (primary N) is 1. The van der Waals surface area contributed by atoms with E-state index in [1.165, 1.54) is 6.42 Å². The normalized spacial score (nSPS) is 26.5. The molecule has 2 rings (SSSR count). The molecule has 0 saturated heterocycles. The van der Waals surface area contributed by atoms with Crippen molar-refractivity contribution in [1.82, 2.24) is 0 Å². The fraction of sp³-hybridized carbons (Fsp3) is 0.588. The summed E-state index contributed by atoms with van der Waals surface area (Å²) >= 11 is 0. The van der Waals surface area contributed by atoms with Crippen LogP contribution in [0.2, 0.25) is 0 Å². The van der Waals surface area contributed by atoms with Gasteiger partial charge in [0.1, 0.15) is 6.10 Å². The van der Waals surface area contributed by atoms with E-state index >= 15 is 0 Å². The van der Waals surface area contributed by atoms with Gasteiger partial charge in [-0.05, 0) is 54.9 Å². The molecule has 0 heterocycles. The van der Waals surface area contributed by atoms with Crippen LogP contribution in [-0.2, 0) is 4.74 Å². The Bertz CT molecular complexity index is 453. The summed E-state index contributed by atoms with van der Waals surface area (Å²) in [4.78, 5) is 12.2. The van der Waals surface area contributed by atoms with Gasteiger partial charge in [0.05, 0.1) is 5.56 Å². The molecular weight excluding hydrogens is 250 g/mol. The number of hydrogen-bond donors (Lipinski definition) is 1. The number of carbonyl (C=O) groups is 1. The minimum Gasteiger partial charge on any atom is -0.458 e. The fourth-order valence-electron chi connectivity index (χ4n) is 3.07. The first-order chi connectivity index (χ1) is 9.47. The number of rotatable bonds is 3. The first-order valence-electron chi connectivity index (χ1n) is 7.54. The van der Waals surface area contributed by atoms with Crippen molar-refractivity contribution in [2.75, 3.05) is 5.73 Å². The summed E-state index contributed by atoms with van der Waals surface area (Å²) in [6.07, 6.45) is 3.41. The first kappa shape index (κ1) is 14.9. The standard InChI is InChI=1S/C17H25NO2/c1-11(2)15-9-4-12(3)10-16(15)20-17(19)13-5-7-14(18)8-6-13/h5-8,11-12,15-16H,4,9-10,18H2,1-3H3. The van der Waals surface area contributed by atoms with Crippen LogP contribution in [0.1, 0.15) is 50.4 Å². The molecular formula is C17H25NO2. The molecule has 0 radical (unpaired) electrons. The lowest BCUT2D eigenvalue weighted by atomic mass is 9.75. The van der Waals surface area contributed by atoms with Gasteiger partial charge in [0.25, 0.3) is 0 Å². The quantitative estimate of drug-likeness (QED) is 0.672. The number of hydrogen-bond acceptors (Lipinski definition) is 3. The zero-order valence-electron chi connectivity index (χ0n) is 12.6. The SMILES string of the molecule is CC1CCC(C(C)C)C(OC(=O)c2ccc(N)cc2)C1. The second-order valence-corrected chi connectivity index (χ2v) is 6.39. The summed E-state index contributed by atoms with van der Waals surface area (Å²) in [6.45, 7) is 6.66. The molecule has 1 saturated carbocycles. The van der Waals surface area contributed by atoms with Gasteiger partial charge in [0.2, 0.25) is 0 Å². The van der Waals surface area contributed by atoms with Crippen LogP contribution >= 0.6 is 0 Å². The molecule has 1 aliphatic carbocycles. The van der Waals surface area contributed by atoms with E-state index in [0.29, 0.717) is 29.0 Å². The molecule has 3 atom stereocenters. The van der Waals surface area contributed by atoms with E-state index < -0.39 is 0 Å². The molecule has 20 heavy (non-hydrogen) atoms. The molecule has 0 aliphatic heterocycles. The second kappa shape index (κ2) is 6.29. The van der Waals surface area contributed by atoms with Crippen molar-refractivity contribution in [3.63, 3.8) is 0 Å². The Kier molecular flexibility index (Phi) is 4.69. The fourth-order valence-corrected chi connectivity index (χ4v) is 3.07. The molecule has 0 aromatic heterocycles. The number of benzene rings is 1. The van der Waals surface area contributed by atoms with Crippen molar-refractivity contribution in [3.05, 3.63) is 29.8 Å². The van der Waals surface area contributed by atoms with E-state index in [2.05, 4.69) is 20.8 Å². The third-order valence-corrected chi connectivity index (χ3v) is 4.37. The van der Waals surface area contributed by atoms with Crippen molar-refractivity contribution < 1.29 is 9.53 Å². The summed E-state index contributed by atoms with van der Waals surface area (Å²) in [6, 6.07) is 6.93. The summed E-state index contributed by atoms with van der Waals surface area (Å²) in [5, 5.41) is 0. The van der Waals surface area contributed by atoms with Crippen molar-refractivity contribution in [2.24, 2.45) is 17.8 Å². The molecule has 1 aromatic rings. The highest BCUT2D eigenvalue weighted by atomic mass is 16.5. The monoisotopic (exact) mass is 275 g/mol. The predicted molar refractivity (Wildman–Crippen MR) is 81.4 cm³/mol. The highest BCUT2D eigenvalue weighted by Crippen LogP contribution is 2.35. The zero-order valence-corrected chi connectivity index (χ0v) is 12.6. The molecule has 1 fully saturated rings. The van der Waals surface area contributed by atoms with Crippen LogP contribution in [0.15, 0.2) is 24.3 Å². The van der Waals surface area contributed by atoms with Crippen molar-refractivity contribution in [3.8, 4) is 0 Å². The zero-order chi connectivity index (χ0) is 14.7. The maximum Gasteiger partial charge on any atom is 0.338 e. The highest BCUT2D eigenvalue weighted by molar-refractivity contribution is 5.89. The third-order valence-electron chi connectivity index (χ3n) is 4.37. The Balaban J connectivity index is 2.05. The first-order valence-corrected chi connectivity index (χ1v) is 7.54. The van der Waals surface area contributed by atoms with Crippen molar-refractivity contribution in [2.45, 2.75) is 46.1 Å². The predicted octanol–water partition coefficient (Wildman–Crippen LogP) is 3.89. The molecule has 2 N–H and O–H groups in total. The molecule has 0 amide bonds. The number of nitrogen functional groups attached to an aromatic ring is 1. The average Bonchev–Trinajstić information content (AvgIpc) is 2.39. The van der Waals surface area contributed by atoms with Crippen LogP contribution in [0.3, 0.4) is 0 Å². The Morgan fingerprint density at radius 3 is 2.50 bits per heavy atom. The van der Waals surface area contributed by atoms with Crippen molar-refractivity contribution in [1.29, 1.82) is 0 Å². The number of ether oxygens (including phenoxy) is 1. The van der Waals surface area contributed by atoms with Gasteiger partial charge in [0, 0.05) is 5.69 Å². The van der Waals surface area contributed by atoms with Gasteiger partial charge < -0.3 is 10.5 Å². The molecule has 1 aliphatic rings. The number of anilines is 1. The van der Waals surface area contributed by atoms with E-state index in [1.807, 2.05) is 0 Å². The summed E-state index contributed by atoms with van der Waals surface area (Å²) in [5.74, 6) is 1.43. The highest BCUT2D eigenvalue weighted by Gasteiger charge is 2.33. The van der Waals surface area contributed by atoms with Crippen molar-refractivity contribution >= 4 is 11.7 Å². The van der Waals surface area contributed by atoms with E-state index in [-0.39, 0.29) is 12.1 Å². The van der Waals surface area contributed by atoms with Gasteiger partial charge in [0.15, 0.2) is 0 Å². The van der Waals surface area contributed by atoms with Gasteiger partial charge in [-0.25, -0.2) is 4.79 Å². The van der Waals surface area contributed by atoms with Gasteiger partial charge in [-0.3, -0.25) is 0 Å². The van der Waals surface area contributed by atoms with Gasteiger partial charge in [-0.1, -0.05) is 27.2 Å². The Hall–Kier alpha value is -1.51. The van der Waals surface area contributed by atoms with E-state index in [4.69, 9.17) is 10.5 Å². The second-order valence-electron chi connectivity index (χ2n) is 6.39. The lowest BCUT2D eigenvalue weighted by molar-refractivity contribution is -0.0174. The molecule has 3 heteroatoms. The van der Waals surface area contributed by atoms with E-state index in [0.717, 1.165) is 12.8 Å². The van der Waals surface area contributed by atoms with E-state index in [1.54, 1.807) is 24.3 Å². The minimum atomic E-state index is -0.227. The summed E-state index contributed by atoms with van der Waals surface area (Å²) in [5.41, 5.74) is 6.88. The topological polar surface area (TPSA) is 52.3 Å². The van der Waals surface area contributed by atoms with E-state index in [9.17, 15) is 4.79 Å². The van der Waals surface area contributed by atoms with Gasteiger partial charge >= 0.3 is 5.97 Å². The van der Waals surface area contributed by atoms with Gasteiger partial charge in [-0.15, -0.1) is 0 Å². The van der Waals surface area contributed by atoms with Crippen LogP contribution in [-0.4, -0.2) is 12.1 Å². The lowest BCUT2D eigenvalue weighted by Gasteiger charge is -2.36. The van der Waals surface area contributed by atoms with Crippen LogP contribution in [0.4, 0.5) is 5.69 Å². The minimum absolute atomic E-state index is 0.0452. The maximum absolute atomic E-state index is 12.2. The Labute approximate surface area is 121 Å². The van der Waals surface area contributed by atoms with Crippen LogP contribution in [0.5, 0.6) is 0 Å². The molecule has 0 bridgehead atoms. The molecule has 110 valence electrons. The Morgan fingerprint density at radius 2 is 1.90 bits per heavy atom. The van der Waals surface area contributed by atoms with Gasteiger partial charge in [-0.2, -0.15) is 0 Å². The molecule has 0 spiro atoms. The third kappa shape index (κ3) is 3.53. The molecule has 1 aromatic carbocycles. The smallest absolute Gasteiger partial charge is 0.338 e. The van der Waals surface area contributed by atoms with Crippen LogP contribution < -0.4 is 5.73 Å². The largest absolute Gasteiger partial charge is 0.458 e. The number of carbonyl (C=O) groups excluding carboxylic acids is 1. The lowest BCUT2D eigenvalue weighted by Crippen LogP contribution is -2.35. The average molecular weight is 275 g/mol. The summed E-state index contributed by atoms with van der Waals surface area (Å²) in [7, 11) is 0. The molecule has 3 nitrogen and oxygen atoms in total. The Morgan fingerprint density at radius 1 is 1.25 bits per heavy atom. The maximum atomic E-state index is 12.2. The van der Waals surface area contributed by atoms with Crippen LogP contribution in [0.25, 0.3) is 0 Å². The molecule has 3 unspecified atom stereocenters. The van der Waals surface area contributed by atoms with Crippen LogP contribution in [0, 0.1) is 17.8 Å². The number of esters is 1. The summed E-state index contributed by atoms with van der Waals surface area (Å²) < 4.78 is 5.78.